The lowest BCUT2D eigenvalue weighted by molar-refractivity contribution is -0.116. The van der Waals surface area contributed by atoms with Crippen LogP contribution in [0.15, 0.2) is 23.7 Å². The Kier molecular flexibility index (Phi) is 4.32. The van der Waals surface area contributed by atoms with Gasteiger partial charge in [-0.2, -0.15) is 0 Å². The van der Waals surface area contributed by atoms with Gasteiger partial charge in [0, 0.05) is 12.1 Å². The minimum atomic E-state index is -0.560. The fraction of sp³-hybridized carbons (Fsp3) is 0.500. The third-order valence-corrected chi connectivity index (χ3v) is 5.12. The minimum absolute atomic E-state index is 0.0547. The fourth-order valence-electron chi connectivity index (χ4n) is 2.89. The van der Waals surface area contributed by atoms with Gasteiger partial charge in [0.25, 0.3) is 0 Å². The smallest absolute Gasteiger partial charge is 0.400 e. The first kappa shape index (κ1) is 17.2. The standard InChI is InChI=1S/C18H24BNO4/c1-17(2)18(3,4)24-19(23-17)14(11-21)10-12-5-7-15-13(9-12)6-8-16(22)20-15/h5,7,9-10,21H,6,8,11H2,1-4H3,(H,20,22). The maximum absolute atomic E-state index is 11.4. The molecule has 5 nitrogen and oxygen atoms in total. The molecule has 3 rings (SSSR count). The van der Waals surface area contributed by atoms with Gasteiger partial charge in [-0.05, 0) is 62.8 Å². The summed E-state index contributed by atoms with van der Waals surface area (Å²) in [5.74, 6) is 0.0547. The SMILES string of the molecule is CC1(C)OB(C(=Cc2ccc3c(c2)CCC(=O)N3)CO)OC1(C)C. The Bertz CT molecular complexity index is 680. The van der Waals surface area contributed by atoms with E-state index >= 15 is 0 Å². The largest absolute Gasteiger partial charge is 0.492 e. The third-order valence-electron chi connectivity index (χ3n) is 5.12. The van der Waals surface area contributed by atoms with Gasteiger partial charge >= 0.3 is 7.12 Å². The topological polar surface area (TPSA) is 67.8 Å². The molecule has 6 heteroatoms. The molecule has 2 heterocycles. The van der Waals surface area contributed by atoms with Crippen molar-refractivity contribution in [3.63, 3.8) is 0 Å². The number of benzene rings is 1. The van der Waals surface area contributed by atoms with Crippen molar-refractivity contribution in [2.45, 2.75) is 51.7 Å². The fourth-order valence-corrected chi connectivity index (χ4v) is 2.89. The Morgan fingerprint density at radius 2 is 1.92 bits per heavy atom. The number of nitrogens with one attached hydrogen (secondary N) is 1. The molecule has 24 heavy (non-hydrogen) atoms. The van der Waals surface area contributed by atoms with Crippen LogP contribution in [0.1, 0.15) is 45.2 Å². The van der Waals surface area contributed by atoms with E-state index in [2.05, 4.69) is 5.32 Å². The summed E-state index contributed by atoms with van der Waals surface area (Å²) in [6.07, 6.45) is 3.14. The summed E-state index contributed by atoms with van der Waals surface area (Å²) in [4.78, 5) is 11.4. The molecule has 1 saturated heterocycles. The van der Waals surface area contributed by atoms with E-state index in [9.17, 15) is 9.90 Å². The zero-order valence-corrected chi connectivity index (χ0v) is 14.7. The van der Waals surface area contributed by atoms with Crippen LogP contribution < -0.4 is 5.32 Å². The molecule has 0 unspecified atom stereocenters. The van der Waals surface area contributed by atoms with Crippen molar-refractivity contribution in [2.24, 2.45) is 0 Å². The first-order valence-electron chi connectivity index (χ1n) is 8.31. The Balaban J connectivity index is 1.85. The minimum Gasteiger partial charge on any atom is -0.400 e. The number of carbonyl (C=O) groups is 1. The number of carbonyl (C=O) groups excluding carboxylic acids is 1. The summed E-state index contributed by atoms with van der Waals surface area (Å²) < 4.78 is 12.0. The van der Waals surface area contributed by atoms with Gasteiger partial charge in [0.05, 0.1) is 17.8 Å². The van der Waals surface area contributed by atoms with Crippen LogP contribution in [0.2, 0.25) is 0 Å². The summed E-state index contributed by atoms with van der Waals surface area (Å²) in [6.45, 7) is 7.82. The zero-order chi connectivity index (χ0) is 17.5. The molecular formula is C18H24BNO4. The van der Waals surface area contributed by atoms with Gasteiger partial charge in [0.1, 0.15) is 0 Å². The van der Waals surface area contributed by atoms with Crippen molar-refractivity contribution in [1.29, 1.82) is 0 Å². The number of anilines is 1. The van der Waals surface area contributed by atoms with Crippen molar-refractivity contribution >= 4 is 24.8 Å². The van der Waals surface area contributed by atoms with Gasteiger partial charge in [0.15, 0.2) is 0 Å². The normalized spacial score (nSPS) is 22.3. The summed E-state index contributed by atoms with van der Waals surface area (Å²) in [5, 5.41) is 12.6. The van der Waals surface area contributed by atoms with Crippen LogP contribution in [0, 0.1) is 0 Å². The number of hydrogen-bond donors (Lipinski definition) is 2. The molecule has 2 aliphatic heterocycles. The van der Waals surface area contributed by atoms with E-state index in [1.54, 1.807) is 0 Å². The van der Waals surface area contributed by atoms with Crippen LogP contribution in [0.5, 0.6) is 0 Å². The summed E-state index contributed by atoms with van der Waals surface area (Å²) in [5.41, 5.74) is 2.74. The molecule has 0 bridgehead atoms. The number of aryl methyl sites for hydroxylation is 1. The molecule has 1 fully saturated rings. The van der Waals surface area contributed by atoms with Crippen molar-refractivity contribution in [2.75, 3.05) is 11.9 Å². The highest BCUT2D eigenvalue weighted by molar-refractivity contribution is 6.55. The van der Waals surface area contributed by atoms with Crippen LogP contribution >= 0.6 is 0 Å². The van der Waals surface area contributed by atoms with Crippen molar-refractivity contribution in [3.05, 3.63) is 34.8 Å². The van der Waals surface area contributed by atoms with E-state index in [4.69, 9.17) is 9.31 Å². The average Bonchev–Trinajstić information content (AvgIpc) is 2.73. The first-order valence-corrected chi connectivity index (χ1v) is 8.31. The molecule has 0 atom stereocenters. The predicted molar refractivity (Wildman–Crippen MR) is 94.5 cm³/mol. The van der Waals surface area contributed by atoms with E-state index in [1.165, 1.54) is 0 Å². The quantitative estimate of drug-likeness (QED) is 0.837. The van der Waals surface area contributed by atoms with E-state index in [0.717, 1.165) is 23.2 Å². The lowest BCUT2D eigenvalue weighted by Gasteiger charge is -2.32. The second-order valence-electron chi connectivity index (χ2n) is 7.43. The predicted octanol–water partition coefficient (Wildman–Crippen LogP) is 2.58. The van der Waals surface area contributed by atoms with Gasteiger partial charge in [-0.15, -0.1) is 0 Å². The van der Waals surface area contributed by atoms with Crippen LogP contribution in [0.4, 0.5) is 5.69 Å². The monoisotopic (exact) mass is 329 g/mol. The molecule has 1 amide bonds. The van der Waals surface area contributed by atoms with Gasteiger partial charge in [0.2, 0.25) is 5.91 Å². The summed E-state index contributed by atoms with van der Waals surface area (Å²) in [7, 11) is -0.560. The maximum atomic E-state index is 11.4. The van der Waals surface area contributed by atoms with Gasteiger partial charge < -0.3 is 19.7 Å². The van der Waals surface area contributed by atoms with E-state index < -0.39 is 18.3 Å². The Hall–Kier alpha value is -1.63. The van der Waals surface area contributed by atoms with Crippen LogP contribution in [-0.4, -0.2) is 35.9 Å². The van der Waals surface area contributed by atoms with Crippen LogP contribution in [-0.2, 0) is 20.5 Å². The van der Waals surface area contributed by atoms with E-state index in [0.29, 0.717) is 11.9 Å². The molecule has 0 aromatic heterocycles. The van der Waals surface area contributed by atoms with Gasteiger partial charge in [-0.25, -0.2) is 0 Å². The first-order chi connectivity index (χ1) is 11.2. The Labute approximate surface area is 143 Å². The van der Waals surface area contributed by atoms with Gasteiger partial charge in [-0.1, -0.05) is 12.1 Å². The Morgan fingerprint density at radius 1 is 1.25 bits per heavy atom. The molecule has 2 aliphatic rings. The summed E-state index contributed by atoms with van der Waals surface area (Å²) >= 11 is 0. The number of hydrogen-bond acceptors (Lipinski definition) is 4. The second-order valence-corrected chi connectivity index (χ2v) is 7.43. The molecular weight excluding hydrogens is 305 g/mol. The van der Waals surface area contributed by atoms with Crippen LogP contribution in [0.3, 0.4) is 0 Å². The maximum Gasteiger partial charge on any atom is 0.492 e. The number of amides is 1. The number of fused-ring (bicyclic) bond motifs is 1. The highest BCUT2D eigenvalue weighted by Gasteiger charge is 2.52. The second kappa shape index (κ2) is 6.03. The Morgan fingerprint density at radius 3 is 2.54 bits per heavy atom. The van der Waals surface area contributed by atoms with Crippen LogP contribution in [0.25, 0.3) is 6.08 Å². The molecule has 0 radical (unpaired) electrons. The lowest BCUT2D eigenvalue weighted by atomic mass is 9.77. The number of aliphatic hydroxyl groups excluding tert-OH is 1. The van der Waals surface area contributed by atoms with Crippen molar-refractivity contribution in [1.82, 2.24) is 0 Å². The molecule has 0 spiro atoms. The van der Waals surface area contributed by atoms with Crippen molar-refractivity contribution < 1.29 is 19.2 Å². The third kappa shape index (κ3) is 3.14. The highest BCUT2D eigenvalue weighted by Crippen LogP contribution is 2.38. The molecule has 0 aliphatic carbocycles. The molecule has 2 N–H and O–H groups in total. The number of rotatable bonds is 3. The molecule has 128 valence electrons. The average molecular weight is 329 g/mol. The molecule has 1 aromatic rings. The molecule has 0 saturated carbocycles. The summed E-state index contributed by atoms with van der Waals surface area (Å²) in [6, 6.07) is 5.86. The highest BCUT2D eigenvalue weighted by atomic mass is 16.7. The number of aliphatic hydroxyl groups is 1. The van der Waals surface area contributed by atoms with Gasteiger partial charge in [-0.3, -0.25) is 4.79 Å². The molecule has 1 aromatic carbocycles. The lowest BCUT2D eigenvalue weighted by Crippen LogP contribution is -2.41. The van der Waals surface area contributed by atoms with E-state index in [1.807, 2.05) is 52.0 Å². The van der Waals surface area contributed by atoms with Crippen molar-refractivity contribution in [3.8, 4) is 0 Å². The zero-order valence-electron chi connectivity index (χ0n) is 14.7. The van der Waals surface area contributed by atoms with E-state index in [-0.39, 0.29) is 12.5 Å².